The van der Waals surface area contributed by atoms with Crippen molar-refractivity contribution in [2.45, 2.75) is 6.92 Å². The van der Waals surface area contributed by atoms with Gasteiger partial charge in [0.05, 0.1) is 24.3 Å². The molecule has 0 bridgehead atoms. The minimum atomic E-state index is -0.343. The summed E-state index contributed by atoms with van der Waals surface area (Å²) in [6.45, 7) is 1.94. The van der Waals surface area contributed by atoms with Gasteiger partial charge in [-0.15, -0.1) is 0 Å². The number of benzene rings is 2. The Bertz CT molecular complexity index is 805. The minimum absolute atomic E-state index is 0.0404. The summed E-state index contributed by atoms with van der Waals surface area (Å²) >= 11 is 0. The first-order chi connectivity index (χ1) is 12.5. The van der Waals surface area contributed by atoms with Crippen LogP contribution in [0.2, 0.25) is 0 Å². The monoisotopic (exact) mass is 354 g/mol. The van der Waals surface area contributed by atoms with E-state index in [4.69, 9.17) is 0 Å². The predicted octanol–water partition coefficient (Wildman–Crippen LogP) is 1.52. The summed E-state index contributed by atoms with van der Waals surface area (Å²) in [6.07, 6.45) is 0. The van der Waals surface area contributed by atoms with Crippen molar-refractivity contribution in [3.05, 3.63) is 59.7 Å². The van der Waals surface area contributed by atoms with Gasteiger partial charge in [0.15, 0.2) is 0 Å². The van der Waals surface area contributed by atoms with Gasteiger partial charge in [-0.2, -0.15) is 0 Å². The second-order valence-corrected chi connectivity index (χ2v) is 5.69. The van der Waals surface area contributed by atoms with Crippen molar-refractivity contribution in [2.75, 3.05) is 30.8 Å². The molecular weight excluding hydrogens is 332 g/mol. The van der Waals surface area contributed by atoms with Crippen LogP contribution in [0, 0.1) is 6.92 Å². The maximum Gasteiger partial charge on any atom is 0.257 e. The molecule has 0 aromatic heterocycles. The molecule has 0 aliphatic rings. The molecular formula is C19H22N4O3. The number of nitrogens with one attached hydrogen (secondary N) is 4. The molecule has 0 spiro atoms. The van der Waals surface area contributed by atoms with Gasteiger partial charge >= 0.3 is 0 Å². The van der Waals surface area contributed by atoms with E-state index in [9.17, 15) is 14.4 Å². The zero-order chi connectivity index (χ0) is 18.9. The molecule has 0 fully saturated rings. The van der Waals surface area contributed by atoms with E-state index in [1.807, 2.05) is 25.1 Å². The third-order valence-electron chi connectivity index (χ3n) is 3.57. The Morgan fingerprint density at radius 2 is 1.62 bits per heavy atom. The fourth-order valence-electron chi connectivity index (χ4n) is 2.28. The number of rotatable bonds is 7. The minimum Gasteiger partial charge on any atom is -0.358 e. The Kier molecular flexibility index (Phi) is 6.87. The third-order valence-corrected chi connectivity index (χ3v) is 3.57. The van der Waals surface area contributed by atoms with Crippen LogP contribution in [0.15, 0.2) is 48.5 Å². The van der Waals surface area contributed by atoms with Gasteiger partial charge in [-0.05, 0) is 36.8 Å². The van der Waals surface area contributed by atoms with Crippen LogP contribution < -0.4 is 21.3 Å². The molecule has 0 aliphatic heterocycles. The van der Waals surface area contributed by atoms with Crippen LogP contribution in [0.3, 0.4) is 0 Å². The molecule has 0 aliphatic carbocycles. The maximum atomic E-state index is 12.5. The molecule has 26 heavy (non-hydrogen) atoms. The fourth-order valence-corrected chi connectivity index (χ4v) is 2.28. The summed E-state index contributed by atoms with van der Waals surface area (Å²) in [6, 6.07) is 14.2. The van der Waals surface area contributed by atoms with E-state index in [-0.39, 0.29) is 30.8 Å². The molecule has 7 nitrogen and oxygen atoms in total. The van der Waals surface area contributed by atoms with Gasteiger partial charge in [-0.25, -0.2) is 0 Å². The molecule has 0 saturated heterocycles. The summed E-state index contributed by atoms with van der Waals surface area (Å²) in [5.74, 6) is -0.870. The Morgan fingerprint density at radius 1 is 0.885 bits per heavy atom. The van der Waals surface area contributed by atoms with Crippen LogP contribution in [0.4, 0.5) is 11.4 Å². The average molecular weight is 354 g/mol. The van der Waals surface area contributed by atoms with Crippen LogP contribution in [-0.2, 0) is 9.59 Å². The van der Waals surface area contributed by atoms with E-state index in [0.29, 0.717) is 16.9 Å². The third kappa shape index (κ3) is 5.71. The normalized spacial score (nSPS) is 10.1. The van der Waals surface area contributed by atoms with Crippen molar-refractivity contribution < 1.29 is 14.4 Å². The number of aryl methyl sites for hydroxylation is 1. The van der Waals surface area contributed by atoms with Gasteiger partial charge in [-0.1, -0.05) is 24.3 Å². The SMILES string of the molecule is CNC(=O)CNCC(=O)Nc1ccccc1C(=O)Nc1cccc(C)c1. The zero-order valence-corrected chi connectivity index (χ0v) is 14.8. The Balaban J connectivity index is 2.01. The van der Waals surface area contributed by atoms with Gasteiger partial charge < -0.3 is 16.0 Å². The van der Waals surface area contributed by atoms with E-state index >= 15 is 0 Å². The largest absolute Gasteiger partial charge is 0.358 e. The molecule has 0 radical (unpaired) electrons. The lowest BCUT2D eigenvalue weighted by Gasteiger charge is -2.12. The van der Waals surface area contributed by atoms with E-state index in [2.05, 4.69) is 21.3 Å². The van der Waals surface area contributed by atoms with Gasteiger partial charge in [0.1, 0.15) is 0 Å². The standard InChI is InChI=1S/C19H22N4O3/c1-13-6-5-7-14(10-13)22-19(26)15-8-3-4-9-16(15)23-18(25)12-21-11-17(24)20-2/h3-10,21H,11-12H2,1-2H3,(H,20,24)(H,22,26)(H,23,25). The smallest absolute Gasteiger partial charge is 0.257 e. The van der Waals surface area contributed by atoms with Crippen LogP contribution in [0.25, 0.3) is 0 Å². The first-order valence-electron chi connectivity index (χ1n) is 8.18. The summed E-state index contributed by atoms with van der Waals surface area (Å²) in [5, 5.41) is 10.7. The Morgan fingerprint density at radius 3 is 2.35 bits per heavy atom. The van der Waals surface area contributed by atoms with Crippen molar-refractivity contribution in [1.82, 2.24) is 10.6 Å². The highest BCUT2D eigenvalue weighted by molar-refractivity contribution is 6.10. The molecule has 7 heteroatoms. The number of hydrogen-bond donors (Lipinski definition) is 4. The highest BCUT2D eigenvalue weighted by atomic mass is 16.2. The van der Waals surface area contributed by atoms with E-state index in [1.54, 1.807) is 30.3 Å². The van der Waals surface area contributed by atoms with Crippen LogP contribution in [0.5, 0.6) is 0 Å². The van der Waals surface area contributed by atoms with Gasteiger partial charge in [0.2, 0.25) is 11.8 Å². The number of carbonyl (C=O) groups is 3. The molecule has 0 atom stereocenters. The van der Waals surface area contributed by atoms with Crippen molar-refractivity contribution in [3.8, 4) is 0 Å². The number of hydrogen-bond acceptors (Lipinski definition) is 4. The molecule has 2 rings (SSSR count). The quantitative estimate of drug-likeness (QED) is 0.606. The number of likely N-dealkylation sites (N-methyl/N-ethyl adjacent to an activating group) is 1. The number of amides is 3. The highest BCUT2D eigenvalue weighted by Crippen LogP contribution is 2.18. The Hall–Kier alpha value is -3.19. The first-order valence-corrected chi connectivity index (χ1v) is 8.18. The molecule has 2 aromatic rings. The van der Waals surface area contributed by atoms with E-state index in [0.717, 1.165) is 5.56 Å². The van der Waals surface area contributed by atoms with Crippen molar-refractivity contribution in [2.24, 2.45) is 0 Å². The van der Waals surface area contributed by atoms with Crippen molar-refractivity contribution in [3.63, 3.8) is 0 Å². The van der Waals surface area contributed by atoms with Crippen molar-refractivity contribution >= 4 is 29.1 Å². The lowest BCUT2D eigenvalue weighted by Crippen LogP contribution is -2.36. The van der Waals surface area contributed by atoms with Gasteiger partial charge in [-0.3, -0.25) is 19.7 Å². The summed E-state index contributed by atoms with van der Waals surface area (Å²) in [7, 11) is 1.52. The number of carbonyl (C=O) groups excluding carboxylic acids is 3. The van der Waals surface area contributed by atoms with Crippen LogP contribution in [-0.4, -0.2) is 37.9 Å². The zero-order valence-electron chi connectivity index (χ0n) is 14.8. The molecule has 0 heterocycles. The maximum absolute atomic E-state index is 12.5. The van der Waals surface area contributed by atoms with E-state index < -0.39 is 0 Å². The summed E-state index contributed by atoms with van der Waals surface area (Å²) in [5.41, 5.74) is 2.48. The van der Waals surface area contributed by atoms with Gasteiger partial charge in [0.25, 0.3) is 5.91 Å². The highest BCUT2D eigenvalue weighted by Gasteiger charge is 2.13. The number of anilines is 2. The topological polar surface area (TPSA) is 99.3 Å². The summed E-state index contributed by atoms with van der Waals surface area (Å²) in [4.78, 5) is 35.7. The number of para-hydroxylation sites is 1. The van der Waals surface area contributed by atoms with Crippen molar-refractivity contribution in [1.29, 1.82) is 0 Å². The van der Waals surface area contributed by atoms with Crippen LogP contribution in [0.1, 0.15) is 15.9 Å². The second-order valence-electron chi connectivity index (χ2n) is 5.69. The predicted molar refractivity (Wildman–Crippen MR) is 101 cm³/mol. The Labute approximate surface area is 152 Å². The molecule has 0 saturated carbocycles. The lowest BCUT2D eigenvalue weighted by molar-refractivity contribution is -0.120. The lowest BCUT2D eigenvalue weighted by atomic mass is 10.1. The first kappa shape index (κ1) is 19.1. The molecule has 4 N–H and O–H groups in total. The molecule has 0 unspecified atom stereocenters. The van der Waals surface area contributed by atoms with Crippen LogP contribution >= 0.6 is 0 Å². The molecule has 2 aromatic carbocycles. The molecule has 3 amide bonds. The summed E-state index contributed by atoms with van der Waals surface area (Å²) < 4.78 is 0. The average Bonchev–Trinajstić information content (AvgIpc) is 2.62. The van der Waals surface area contributed by atoms with Gasteiger partial charge in [0, 0.05) is 12.7 Å². The fraction of sp³-hybridized carbons (Fsp3) is 0.211. The van der Waals surface area contributed by atoms with E-state index in [1.165, 1.54) is 7.05 Å². The second kappa shape index (κ2) is 9.33. The molecule has 136 valence electrons.